The summed E-state index contributed by atoms with van der Waals surface area (Å²) in [6, 6.07) is 5.91. The van der Waals surface area contributed by atoms with E-state index >= 15 is 0 Å². The van der Waals surface area contributed by atoms with Gasteiger partial charge in [0.05, 0.1) is 5.56 Å². The van der Waals surface area contributed by atoms with Gasteiger partial charge in [0.2, 0.25) is 5.91 Å². The van der Waals surface area contributed by atoms with Crippen molar-refractivity contribution in [3.63, 3.8) is 0 Å². The summed E-state index contributed by atoms with van der Waals surface area (Å²) in [4.78, 5) is 36.9. The molecule has 0 bridgehead atoms. The molecule has 0 atom stereocenters. The molecular weight excluding hydrogens is 446 g/mol. The van der Waals surface area contributed by atoms with Crippen molar-refractivity contribution < 1.29 is 37.1 Å². The predicted octanol–water partition coefficient (Wildman–Crippen LogP) is 2.46. The largest absolute Gasteiger partial charge is 0.380 e. The topological polar surface area (TPSA) is 113 Å². The lowest BCUT2D eigenvalue weighted by Crippen LogP contribution is -2.55. The van der Waals surface area contributed by atoms with Gasteiger partial charge in [-0.1, -0.05) is 0 Å². The summed E-state index contributed by atoms with van der Waals surface area (Å²) in [6.07, 6.45) is -0.682. The van der Waals surface area contributed by atoms with Gasteiger partial charge in [-0.05, 0) is 48.9 Å². The lowest BCUT2D eigenvalue weighted by Gasteiger charge is -2.37. The Labute approximate surface area is 186 Å². The predicted molar refractivity (Wildman–Crippen MR) is 109 cm³/mol. The van der Waals surface area contributed by atoms with Gasteiger partial charge in [-0.2, -0.15) is 8.78 Å². The highest BCUT2D eigenvalue weighted by atomic mass is 19.3. The second-order valence-corrected chi connectivity index (χ2v) is 7.88. The minimum absolute atomic E-state index is 0.197. The average Bonchev–Trinajstić information content (AvgIpc) is 2.76. The smallest absolute Gasteiger partial charge is 0.352 e. The van der Waals surface area contributed by atoms with Crippen LogP contribution < -0.4 is 11.1 Å². The Morgan fingerprint density at radius 3 is 2.24 bits per heavy atom. The van der Waals surface area contributed by atoms with Crippen molar-refractivity contribution in [1.82, 2.24) is 4.90 Å². The molecule has 0 saturated carbocycles. The Balaban J connectivity index is 1.81. The van der Waals surface area contributed by atoms with Crippen molar-refractivity contribution >= 4 is 23.4 Å². The highest BCUT2D eigenvalue weighted by Crippen LogP contribution is 2.35. The molecule has 4 N–H and O–H groups in total. The Bertz CT molecular complexity index is 1110. The Hall–Kier alpha value is -3.47. The fourth-order valence-electron chi connectivity index (χ4n) is 3.47. The van der Waals surface area contributed by atoms with Crippen LogP contribution in [0.5, 0.6) is 0 Å². The number of hydrogen-bond acceptors (Lipinski definition) is 4. The van der Waals surface area contributed by atoms with Gasteiger partial charge in [0.15, 0.2) is 0 Å². The molecule has 0 aliphatic carbocycles. The number of nitrogens with zero attached hydrogens (tertiary/aromatic N) is 1. The fourth-order valence-corrected chi connectivity index (χ4v) is 3.47. The van der Waals surface area contributed by atoms with Gasteiger partial charge in [-0.25, -0.2) is 8.78 Å². The maximum atomic E-state index is 15.0. The molecule has 0 unspecified atom stereocenters. The maximum Gasteiger partial charge on any atom is 0.352 e. The zero-order valence-electron chi connectivity index (χ0n) is 17.5. The van der Waals surface area contributed by atoms with E-state index in [1.54, 1.807) is 0 Å². The monoisotopic (exact) mass is 467 g/mol. The first-order valence-corrected chi connectivity index (χ1v) is 9.92. The van der Waals surface area contributed by atoms with Crippen LogP contribution in [-0.2, 0) is 15.5 Å². The van der Waals surface area contributed by atoms with E-state index in [1.165, 1.54) is 19.1 Å². The third-order valence-electron chi connectivity index (χ3n) is 5.59. The van der Waals surface area contributed by atoms with Crippen LogP contribution in [0.2, 0.25) is 0 Å². The molecule has 1 aliphatic rings. The number of halogens is 4. The third-order valence-corrected chi connectivity index (χ3v) is 5.59. The first-order valence-electron chi connectivity index (χ1n) is 9.92. The molecule has 0 aromatic heterocycles. The number of primary amides is 1. The number of nitrogens with two attached hydrogens (primary N) is 1. The second-order valence-electron chi connectivity index (χ2n) is 7.88. The molecule has 11 heteroatoms. The minimum Gasteiger partial charge on any atom is -0.380 e. The summed E-state index contributed by atoms with van der Waals surface area (Å²) < 4.78 is 57.6. The number of amides is 3. The second kappa shape index (κ2) is 8.81. The molecule has 2 aromatic carbocycles. The van der Waals surface area contributed by atoms with E-state index in [0.717, 1.165) is 12.1 Å². The number of carbonyl (C=O) groups excluding carboxylic acids is 3. The molecule has 1 aliphatic heterocycles. The normalized spacial score (nSPS) is 15.8. The van der Waals surface area contributed by atoms with Crippen molar-refractivity contribution in [2.24, 2.45) is 5.73 Å². The van der Waals surface area contributed by atoms with E-state index in [4.69, 9.17) is 5.73 Å². The van der Waals surface area contributed by atoms with Gasteiger partial charge in [0.1, 0.15) is 17.2 Å². The van der Waals surface area contributed by atoms with E-state index < -0.39 is 46.4 Å². The van der Waals surface area contributed by atoms with E-state index in [1.807, 2.05) is 0 Å². The number of aliphatic hydroxyl groups is 1. The van der Waals surface area contributed by atoms with E-state index in [-0.39, 0.29) is 42.7 Å². The van der Waals surface area contributed by atoms with Gasteiger partial charge in [0.25, 0.3) is 11.8 Å². The number of likely N-dealkylation sites (tertiary alicyclic amines) is 1. The van der Waals surface area contributed by atoms with Crippen molar-refractivity contribution in [2.45, 2.75) is 31.3 Å². The van der Waals surface area contributed by atoms with E-state index in [2.05, 4.69) is 5.32 Å². The van der Waals surface area contributed by atoms with Crippen molar-refractivity contribution in [3.05, 3.63) is 64.7 Å². The van der Waals surface area contributed by atoms with Crippen LogP contribution in [0, 0.1) is 18.6 Å². The summed E-state index contributed by atoms with van der Waals surface area (Å²) in [5, 5.41) is 12.4. The van der Waals surface area contributed by atoms with Crippen molar-refractivity contribution in [1.29, 1.82) is 0 Å². The molecule has 3 amide bonds. The molecule has 33 heavy (non-hydrogen) atoms. The van der Waals surface area contributed by atoms with Crippen LogP contribution in [-0.4, -0.2) is 46.4 Å². The number of carbonyl (C=O) groups is 3. The Morgan fingerprint density at radius 2 is 1.67 bits per heavy atom. The van der Waals surface area contributed by atoms with Gasteiger partial charge >= 0.3 is 5.92 Å². The standard InChI is InChI=1S/C22H21F4N3O4/c1-12-10-14(3-5-16(12)23)28-18(30)13-2-4-17(24)15(11-13)22(25,26)20(32)29-8-6-21(33,7-9-29)19(27)31/h2-5,10-11,33H,6-9H2,1H3,(H2,27,31)(H,28,30). The SMILES string of the molecule is Cc1cc(NC(=O)c2ccc(F)c(C(F)(F)C(=O)N3CCC(O)(C(N)=O)CC3)c2)ccc1F. The van der Waals surface area contributed by atoms with Gasteiger partial charge in [0, 0.05) is 37.2 Å². The number of alkyl halides is 2. The summed E-state index contributed by atoms with van der Waals surface area (Å²) in [5.74, 6) is -9.85. The van der Waals surface area contributed by atoms with E-state index in [9.17, 15) is 37.1 Å². The average molecular weight is 467 g/mol. The molecule has 1 heterocycles. The van der Waals surface area contributed by atoms with Crippen molar-refractivity contribution in [3.8, 4) is 0 Å². The molecule has 1 fully saturated rings. The fraction of sp³-hybridized carbons (Fsp3) is 0.318. The molecule has 176 valence electrons. The number of hydrogen-bond donors (Lipinski definition) is 3. The quantitative estimate of drug-likeness (QED) is 0.587. The Morgan fingerprint density at radius 1 is 1.06 bits per heavy atom. The van der Waals surface area contributed by atoms with Gasteiger partial charge in [-0.15, -0.1) is 0 Å². The molecule has 3 rings (SSSR count). The lowest BCUT2D eigenvalue weighted by molar-refractivity contribution is -0.165. The van der Waals surface area contributed by atoms with Gasteiger partial charge in [-0.3, -0.25) is 14.4 Å². The number of rotatable bonds is 5. The molecular formula is C22H21F4N3O4. The molecule has 2 aromatic rings. The third kappa shape index (κ3) is 4.82. The molecule has 0 spiro atoms. The number of aryl methyl sites for hydroxylation is 1. The molecule has 0 radical (unpaired) electrons. The number of nitrogens with one attached hydrogen (secondary N) is 1. The number of anilines is 1. The summed E-state index contributed by atoms with van der Waals surface area (Å²) in [5.41, 5.74) is 1.98. The van der Waals surface area contributed by atoms with Crippen molar-refractivity contribution in [2.75, 3.05) is 18.4 Å². The van der Waals surface area contributed by atoms with E-state index in [0.29, 0.717) is 17.0 Å². The number of piperidine rings is 1. The maximum absolute atomic E-state index is 15.0. The van der Waals surface area contributed by atoms with Gasteiger partial charge < -0.3 is 21.1 Å². The Kier molecular flexibility index (Phi) is 6.46. The van der Waals surface area contributed by atoms with Crippen LogP contribution >= 0.6 is 0 Å². The summed E-state index contributed by atoms with van der Waals surface area (Å²) in [7, 11) is 0. The zero-order valence-corrected chi connectivity index (χ0v) is 17.5. The zero-order chi connectivity index (χ0) is 24.6. The van der Waals surface area contributed by atoms with Crippen LogP contribution in [0.4, 0.5) is 23.2 Å². The lowest BCUT2D eigenvalue weighted by atomic mass is 9.90. The van der Waals surface area contributed by atoms with Crippen LogP contribution in [0.3, 0.4) is 0 Å². The highest BCUT2D eigenvalue weighted by molar-refractivity contribution is 6.04. The first kappa shape index (κ1) is 24.2. The van der Waals surface area contributed by atoms with Crippen LogP contribution in [0.15, 0.2) is 36.4 Å². The minimum atomic E-state index is -4.32. The molecule has 1 saturated heterocycles. The summed E-state index contributed by atoms with van der Waals surface area (Å²) in [6.45, 7) is 0.692. The molecule has 7 nitrogen and oxygen atoms in total. The van der Waals surface area contributed by atoms with Crippen LogP contribution in [0.25, 0.3) is 0 Å². The summed E-state index contributed by atoms with van der Waals surface area (Å²) >= 11 is 0. The number of benzene rings is 2. The first-order chi connectivity index (χ1) is 15.3. The van der Waals surface area contributed by atoms with Crippen LogP contribution in [0.1, 0.15) is 34.3 Å². The highest BCUT2D eigenvalue weighted by Gasteiger charge is 2.49.